The molecule has 0 spiro atoms. The van der Waals surface area contributed by atoms with Crippen molar-refractivity contribution in [1.82, 2.24) is 9.97 Å². The molecular weight excluding hydrogens is 245 g/mol. The molecule has 1 aromatic heterocycles. The Hall–Kier alpha value is -0.930. The maximum Gasteiger partial charge on any atom is 0.203 e. The van der Waals surface area contributed by atoms with E-state index >= 15 is 0 Å². The van der Waals surface area contributed by atoms with E-state index in [1.54, 1.807) is 6.07 Å². The number of hydrogen-bond acceptors (Lipinski definition) is 2. The number of benzene rings is 1. The Morgan fingerprint density at radius 2 is 1.81 bits per heavy atom. The molecule has 0 unspecified atom stereocenters. The van der Waals surface area contributed by atoms with Crippen LogP contribution in [0, 0.1) is 0 Å². The molecule has 0 amide bonds. The molecule has 3 nitrogen and oxygen atoms in total. The maximum absolute atomic E-state index is 5.96. The lowest BCUT2D eigenvalue weighted by atomic mass is 10.3. The van der Waals surface area contributed by atoms with Crippen LogP contribution in [-0.4, -0.2) is 23.1 Å². The zero-order chi connectivity index (χ0) is 11.1. The zero-order valence-corrected chi connectivity index (χ0v) is 10.1. The topological polar surface area (TPSA) is 31.9 Å². The van der Waals surface area contributed by atoms with E-state index < -0.39 is 0 Å². The number of nitrogens with one attached hydrogen (secondary N) is 1. The van der Waals surface area contributed by atoms with Crippen LogP contribution in [0.1, 0.15) is 12.8 Å². The highest BCUT2D eigenvalue weighted by Crippen LogP contribution is 2.28. The lowest BCUT2D eigenvalue weighted by Gasteiger charge is -2.12. The van der Waals surface area contributed by atoms with Crippen LogP contribution in [0.3, 0.4) is 0 Å². The predicted molar refractivity (Wildman–Crippen MR) is 67.6 cm³/mol. The minimum atomic E-state index is 0.550. The number of hydrogen-bond donors (Lipinski definition) is 1. The number of fused-ring (bicyclic) bond motifs is 1. The van der Waals surface area contributed by atoms with Gasteiger partial charge in [0.1, 0.15) is 0 Å². The summed E-state index contributed by atoms with van der Waals surface area (Å²) in [5, 5.41) is 1.11. The van der Waals surface area contributed by atoms with Gasteiger partial charge in [0.15, 0.2) is 0 Å². The second kappa shape index (κ2) is 3.82. The Bertz CT molecular complexity index is 490. The molecule has 0 radical (unpaired) electrons. The summed E-state index contributed by atoms with van der Waals surface area (Å²) in [4.78, 5) is 10.1. The van der Waals surface area contributed by atoms with Gasteiger partial charge >= 0.3 is 0 Å². The Balaban J connectivity index is 2.08. The third-order valence-corrected chi connectivity index (χ3v) is 3.64. The standard InChI is InChI=1S/C11H11Cl2N3/c12-7-5-9-10(6-8(7)13)15-11(14-9)16-3-1-2-4-16/h5-6H,1-4H2,(H,14,15). The zero-order valence-electron chi connectivity index (χ0n) is 8.63. The van der Waals surface area contributed by atoms with Gasteiger partial charge in [-0.1, -0.05) is 23.2 Å². The Kier molecular flexibility index (Phi) is 2.45. The molecule has 3 rings (SSSR count). The Morgan fingerprint density at radius 1 is 1.12 bits per heavy atom. The third-order valence-electron chi connectivity index (χ3n) is 2.92. The fraction of sp³-hybridized carbons (Fsp3) is 0.364. The van der Waals surface area contributed by atoms with Crippen molar-refractivity contribution in [2.75, 3.05) is 18.0 Å². The SMILES string of the molecule is Clc1cc2nc(N3CCCC3)[nH]c2cc1Cl. The highest BCUT2D eigenvalue weighted by atomic mass is 35.5. The van der Waals surface area contributed by atoms with Gasteiger partial charge in [-0.15, -0.1) is 0 Å². The van der Waals surface area contributed by atoms with Gasteiger partial charge in [0, 0.05) is 13.1 Å². The summed E-state index contributed by atoms with van der Waals surface area (Å²) in [6.07, 6.45) is 2.47. The largest absolute Gasteiger partial charge is 0.342 e. The first-order valence-corrected chi connectivity index (χ1v) is 6.09. The number of rotatable bonds is 1. The van der Waals surface area contributed by atoms with Gasteiger partial charge in [0.25, 0.3) is 0 Å². The van der Waals surface area contributed by atoms with Crippen molar-refractivity contribution in [1.29, 1.82) is 0 Å². The Morgan fingerprint density at radius 3 is 2.56 bits per heavy atom. The van der Waals surface area contributed by atoms with Crippen LogP contribution in [0.25, 0.3) is 11.0 Å². The fourth-order valence-electron chi connectivity index (χ4n) is 2.07. The molecule has 0 bridgehead atoms. The molecule has 0 aliphatic carbocycles. The van der Waals surface area contributed by atoms with Crippen molar-refractivity contribution in [2.24, 2.45) is 0 Å². The normalized spacial score (nSPS) is 16.2. The van der Waals surface area contributed by atoms with Gasteiger partial charge in [-0.25, -0.2) is 4.98 Å². The summed E-state index contributed by atoms with van der Waals surface area (Å²) in [6, 6.07) is 3.63. The minimum Gasteiger partial charge on any atom is -0.342 e. The molecule has 2 heterocycles. The molecule has 1 saturated heterocycles. The number of aromatic amines is 1. The van der Waals surface area contributed by atoms with Crippen molar-refractivity contribution in [3.8, 4) is 0 Å². The number of nitrogens with zero attached hydrogens (tertiary/aromatic N) is 2. The molecule has 0 saturated carbocycles. The maximum atomic E-state index is 5.96. The van der Waals surface area contributed by atoms with Gasteiger partial charge < -0.3 is 9.88 Å². The van der Waals surface area contributed by atoms with Crippen molar-refractivity contribution in [2.45, 2.75) is 12.8 Å². The molecule has 1 aliphatic heterocycles. The Labute approximate surface area is 103 Å². The molecular formula is C11H11Cl2N3. The molecule has 5 heteroatoms. The van der Waals surface area contributed by atoms with Crippen molar-refractivity contribution in [3.05, 3.63) is 22.2 Å². The van der Waals surface area contributed by atoms with Gasteiger partial charge in [0.2, 0.25) is 5.95 Å². The molecule has 0 atom stereocenters. The van der Waals surface area contributed by atoms with E-state index in [1.165, 1.54) is 12.8 Å². The average Bonchev–Trinajstić information content (AvgIpc) is 2.86. The lowest BCUT2D eigenvalue weighted by molar-refractivity contribution is 0.922. The van der Waals surface area contributed by atoms with E-state index in [9.17, 15) is 0 Å². The summed E-state index contributed by atoms with van der Waals surface area (Å²) in [6.45, 7) is 2.14. The molecule has 1 fully saturated rings. The predicted octanol–water partition coefficient (Wildman–Crippen LogP) is 3.47. The fourth-order valence-corrected chi connectivity index (χ4v) is 2.39. The van der Waals surface area contributed by atoms with Gasteiger partial charge in [-0.05, 0) is 25.0 Å². The highest BCUT2D eigenvalue weighted by Gasteiger charge is 2.16. The first kappa shape index (κ1) is 10.2. The molecule has 1 aromatic carbocycles. The first-order chi connectivity index (χ1) is 7.74. The summed E-state index contributed by atoms with van der Waals surface area (Å²) in [5.74, 6) is 0.922. The minimum absolute atomic E-state index is 0.550. The van der Waals surface area contributed by atoms with Crippen LogP contribution in [0.15, 0.2) is 12.1 Å². The van der Waals surface area contributed by atoms with Crippen LogP contribution in [0.5, 0.6) is 0 Å². The number of anilines is 1. The first-order valence-electron chi connectivity index (χ1n) is 5.34. The average molecular weight is 256 g/mol. The van der Waals surface area contributed by atoms with Crippen molar-refractivity contribution in [3.63, 3.8) is 0 Å². The molecule has 2 aromatic rings. The van der Waals surface area contributed by atoms with E-state index in [2.05, 4.69) is 14.9 Å². The number of imidazole rings is 1. The van der Waals surface area contributed by atoms with E-state index in [0.717, 1.165) is 30.1 Å². The molecule has 1 N–H and O–H groups in total. The van der Waals surface area contributed by atoms with Crippen molar-refractivity contribution >= 4 is 40.2 Å². The third kappa shape index (κ3) is 1.64. The van der Waals surface area contributed by atoms with Crippen molar-refractivity contribution < 1.29 is 0 Å². The monoisotopic (exact) mass is 255 g/mol. The number of halogens is 2. The summed E-state index contributed by atoms with van der Waals surface area (Å²) in [5.41, 5.74) is 1.81. The summed E-state index contributed by atoms with van der Waals surface area (Å²) >= 11 is 11.9. The van der Waals surface area contributed by atoms with Crippen LogP contribution in [0.4, 0.5) is 5.95 Å². The van der Waals surface area contributed by atoms with Crippen LogP contribution < -0.4 is 4.90 Å². The summed E-state index contributed by atoms with van der Waals surface area (Å²) in [7, 11) is 0. The van der Waals surface area contributed by atoms with Gasteiger partial charge in [0.05, 0.1) is 21.1 Å². The van der Waals surface area contributed by atoms with Crippen LogP contribution in [-0.2, 0) is 0 Å². The number of H-pyrrole nitrogens is 1. The molecule has 84 valence electrons. The second-order valence-electron chi connectivity index (χ2n) is 4.04. The highest BCUT2D eigenvalue weighted by molar-refractivity contribution is 6.42. The smallest absolute Gasteiger partial charge is 0.203 e. The lowest BCUT2D eigenvalue weighted by Crippen LogP contribution is -2.18. The van der Waals surface area contributed by atoms with Gasteiger partial charge in [-0.3, -0.25) is 0 Å². The van der Waals surface area contributed by atoms with Crippen LogP contribution >= 0.6 is 23.2 Å². The van der Waals surface area contributed by atoms with E-state index in [0.29, 0.717) is 10.0 Å². The molecule has 16 heavy (non-hydrogen) atoms. The summed E-state index contributed by atoms with van der Waals surface area (Å²) < 4.78 is 0. The quantitative estimate of drug-likeness (QED) is 0.847. The number of aromatic nitrogens is 2. The second-order valence-corrected chi connectivity index (χ2v) is 4.85. The van der Waals surface area contributed by atoms with E-state index in [4.69, 9.17) is 23.2 Å². The molecule has 1 aliphatic rings. The van der Waals surface area contributed by atoms with E-state index in [1.807, 2.05) is 6.07 Å². The van der Waals surface area contributed by atoms with Crippen LogP contribution in [0.2, 0.25) is 10.0 Å². The van der Waals surface area contributed by atoms with E-state index in [-0.39, 0.29) is 0 Å². The van der Waals surface area contributed by atoms with Gasteiger partial charge in [-0.2, -0.15) is 0 Å².